The predicted octanol–water partition coefficient (Wildman–Crippen LogP) is 0.356. The first-order valence-corrected chi connectivity index (χ1v) is 6.10. The second kappa shape index (κ2) is 4.41. The van der Waals surface area contributed by atoms with Crippen LogP contribution < -0.4 is 10.2 Å². The number of hydrogen-bond acceptors (Lipinski definition) is 6. The van der Waals surface area contributed by atoms with Crippen LogP contribution in [0.15, 0.2) is 6.33 Å². The molecule has 7 heteroatoms. The number of anilines is 2. The normalized spacial score (nSPS) is 17.3. The molecule has 0 bridgehead atoms. The summed E-state index contributed by atoms with van der Waals surface area (Å²) in [4.78, 5) is 18.2. The zero-order valence-corrected chi connectivity index (χ0v) is 10.2. The third kappa shape index (κ3) is 1.86. The van der Waals surface area contributed by atoms with E-state index in [2.05, 4.69) is 30.2 Å². The maximum Gasteiger partial charge on any atom is 0.226 e. The number of nitrogens with zero attached hydrogens (tertiary/aromatic N) is 4. The van der Waals surface area contributed by atoms with E-state index >= 15 is 0 Å². The SMILES string of the molecule is CNc1nc(N2CCC(O)CC2)c2[nH]cnc2n1. The number of imidazole rings is 1. The summed E-state index contributed by atoms with van der Waals surface area (Å²) in [5.41, 5.74) is 1.51. The van der Waals surface area contributed by atoms with E-state index in [-0.39, 0.29) is 6.10 Å². The molecule has 1 aliphatic heterocycles. The van der Waals surface area contributed by atoms with Crippen molar-refractivity contribution in [3.8, 4) is 0 Å². The van der Waals surface area contributed by atoms with Gasteiger partial charge in [-0.2, -0.15) is 9.97 Å². The average Bonchev–Trinajstić information content (AvgIpc) is 2.86. The number of aromatic amines is 1. The summed E-state index contributed by atoms with van der Waals surface area (Å²) in [6.07, 6.45) is 2.98. The van der Waals surface area contributed by atoms with Crippen molar-refractivity contribution in [2.75, 3.05) is 30.4 Å². The highest BCUT2D eigenvalue weighted by atomic mass is 16.3. The summed E-state index contributed by atoms with van der Waals surface area (Å²) in [5.74, 6) is 1.42. The largest absolute Gasteiger partial charge is 0.393 e. The van der Waals surface area contributed by atoms with Gasteiger partial charge in [-0.15, -0.1) is 0 Å². The van der Waals surface area contributed by atoms with Gasteiger partial charge in [0.15, 0.2) is 11.5 Å². The highest BCUT2D eigenvalue weighted by Gasteiger charge is 2.21. The fourth-order valence-corrected chi connectivity index (χ4v) is 2.24. The van der Waals surface area contributed by atoms with Crippen molar-refractivity contribution in [2.45, 2.75) is 18.9 Å². The molecule has 96 valence electrons. The van der Waals surface area contributed by atoms with Crippen LogP contribution in [0, 0.1) is 0 Å². The number of aliphatic hydroxyl groups is 1. The molecule has 2 aromatic heterocycles. The van der Waals surface area contributed by atoms with Crippen LogP contribution in [-0.4, -0.2) is 51.3 Å². The van der Waals surface area contributed by atoms with Crippen LogP contribution in [0.5, 0.6) is 0 Å². The van der Waals surface area contributed by atoms with Gasteiger partial charge >= 0.3 is 0 Å². The molecular weight excluding hydrogens is 232 g/mol. The van der Waals surface area contributed by atoms with Gasteiger partial charge in [-0.3, -0.25) is 0 Å². The maximum atomic E-state index is 9.56. The van der Waals surface area contributed by atoms with Crippen LogP contribution in [0.4, 0.5) is 11.8 Å². The molecule has 18 heavy (non-hydrogen) atoms. The minimum absolute atomic E-state index is 0.191. The average molecular weight is 248 g/mol. The Morgan fingerprint density at radius 2 is 2.17 bits per heavy atom. The van der Waals surface area contributed by atoms with Gasteiger partial charge in [0, 0.05) is 20.1 Å². The molecule has 1 fully saturated rings. The second-order valence-electron chi connectivity index (χ2n) is 4.44. The molecule has 3 rings (SSSR count). The maximum absolute atomic E-state index is 9.56. The van der Waals surface area contributed by atoms with Crippen LogP contribution in [0.25, 0.3) is 11.2 Å². The smallest absolute Gasteiger partial charge is 0.226 e. The predicted molar refractivity (Wildman–Crippen MR) is 68.7 cm³/mol. The van der Waals surface area contributed by atoms with Gasteiger partial charge in [-0.25, -0.2) is 4.98 Å². The molecule has 0 amide bonds. The summed E-state index contributed by atoms with van der Waals surface area (Å²) in [6.45, 7) is 1.60. The first-order valence-electron chi connectivity index (χ1n) is 6.10. The van der Waals surface area contributed by atoms with Crippen LogP contribution in [0.1, 0.15) is 12.8 Å². The number of fused-ring (bicyclic) bond motifs is 1. The van der Waals surface area contributed by atoms with Crippen molar-refractivity contribution in [3.05, 3.63) is 6.33 Å². The Labute approximate surface area is 104 Å². The van der Waals surface area contributed by atoms with Crippen molar-refractivity contribution < 1.29 is 5.11 Å². The van der Waals surface area contributed by atoms with Crippen molar-refractivity contribution in [3.63, 3.8) is 0 Å². The number of nitrogens with one attached hydrogen (secondary N) is 2. The first kappa shape index (κ1) is 11.2. The minimum atomic E-state index is -0.191. The molecule has 0 spiro atoms. The third-order valence-electron chi connectivity index (χ3n) is 3.25. The van der Waals surface area contributed by atoms with Crippen LogP contribution >= 0.6 is 0 Å². The van der Waals surface area contributed by atoms with E-state index < -0.39 is 0 Å². The van der Waals surface area contributed by atoms with Crippen molar-refractivity contribution in [1.29, 1.82) is 0 Å². The summed E-state index contributed by atoms with van der Waals surface area (Å²) in [7, 11) is 1.79. The molecule has 2 aromatic rings. The zero-order valence-electron chi connectivity index (χ0n) is 10.2. The lowest BCUT2D eigenvalue weighted by Crippen LogP contribution is -2.36. The van der Waals surface area contributed by atoms with E-state index in [4.69, 9.17) is 0 Å². The first-order chi connectivity index (χ1) is 8.78. The van der Waals surface area contributed by atoms with Crippen molar-refractivity contribution in [2.24, 2.45) is 0 Å². The molecule has 1 aliphatic rings. The molecule has 0 aromatic carbocycles. The van der Waals surface area contributed by atoms with Gasteiger partial charge in [0.1, 0.15) is 5.52 Å². The van der Waals surface area contributed by atoms with Crippen molar-refractivity contribution >= 4 is 22.9 Å². The van der Waals surface area contributed by atoms with Crippen LogP contribution in [0.2, 0.25) is 0 Å². The Kier molecular flexibility index (Phi) is 2.75. The van der Waals surface area contributed by atoms with Gasteiger partial charge in [-0.1, -0.05) is 0 Å². The molecule has 0 radical (unpaired) electrons. The number of aromatic nitrogens is 4. The summed E-state index contributed by atoms with van der Waals surface area (Å²) in [5, 5.41) is 12.5. The van der Waals surface area contributed by atoms with Crippen LogP contribution in [0.3, 0.4) is 0 Å². The minimum Gasteiger partial charge on any atom is -0.393 e. The number of aliphatic hydroxyl groups excluding tert-OH is 1. The van der Waals surface area contributed by atoms with E-state index in [1.165, 1.54) is 0 Å². The number of piperidine rings is 1. The fraction of sp³-hybridized carbons (Fsp3) is 0.545. The lowest BCUT2D eigenvalue weighted by molar-refractivity contribution is 0.145. The van der Waals surface area contributed by atoms with Gasteiger partial charge in [0.25, 0.3) is 0 Å². The van der Waals surface area contributed by atoms with Gasteiger partial charge < -0.3 is 20.3 Å². The summed E-state index contributed by atoms with van der Waals surface area (Å²) in [6, 6.07) is 0. The quantitative estimate of drug-likeness (QED) is 0.711. The molecule has 0 unspecified atom stereocenters. The summed E-state index contributed by atoms with van der Waals surface area (Å²) >= 11 is 0. The third-order valence-corrected chi connectivity index (χ3v) is 3.25. The van der Waals surface area contributed by atoms with E-state index in [1.54, 1.807) is 13.4 Å². The van der Waals surface area contributed by atoms with Gasteiger partial charge in [0.05, 0.1) is 12.4 Å². The standard InChI is InChI=1S/C11H16N6O/c1-12-11-15-9-8(13-6-14-9)10(16-11)17-4-2-7(18)3-5-17/h6-7,18H,2-5H2,1H3,(H2,12,13,14,15,16). The van der Waals surface area contributed by atoms with E-state index in [0.29, 0.717) is 11.6 Å². The van der Waals surface area contributed by atoms with E-state index in [1.807, 2.05) is 0 Å². The van der Waals surface area contributed by atoms with Gasteiger partial charge in [-0.05, 0) is 12.8 Å². The monoisotopic (exact) mass is 248 g/mol. The molecule has 3 heterocycles. The molecule has 0 aliphatic carbocycles. The topological polar surface area (TPSA) is 90.0 Å². The van der Waals surface area contributed by atoms with E-state index in [9.17, 15) is 5.11 Å². The van der Waals surface area contributed by atoms with Crippen molar-refractivity contribution in [1.82, 2.24) is 19.9 Å². The number of rotatable bonds is 2. The summed E-state index contributed by atoms with van der Waals surface area (Å²) < 4.78 is 0. The molecule has 0 saturated carbocycles. The molecule has 1 saturated heterocycles. The molecule has 7 nitrogen and oxygen atoms in total. The lowest BCUT2D eigenvalue weighted by atomic mass is 10.1. The molecule has 3 N–H and O–H groups in total. The highest BCUT2D eigenvalue weighted by molar-refractivity contribution is 5.84. The van der Waals surface area contributed by atoms with Gasteiger partial charge in [0.2, 0.25) is 5.95 Å². The fourth-order valence-electron chi connectivity index (χ4n) is 2.24. The Bertz CT molecular complexity index is 545. The number of H-pyrrole nitrogens is 1. The Morgan fingerprint density at radius 3 is 2.89 bits per heavy atom. The van der Waals surface area contributed by atoms with E-state index in [0.717, 1.165) is 37.3 Å². The highest BCUT2D eigenvalue weighted by Crippen LogP contribution is 2.25. The second-order valence-corrected chi connectivity index (χ2v) is 4.44. The number of hydrogen-bond donors (Lipinski definition) is 3. The Morgan fingerprint density at radius 1 is 1.39 bits per heavy atom. The zero-order chi connectivity index (χ0) is 12.5. The lowest BCUT2D eigenvalue weighted by Gasteiger charge is -2.30. The molecule has 0 atom stereocenters. The molecular formula is C11H16N6O. The van der Waals surface area contributed by atoms with Crippen LogP contribution in [-0.2, 0) is 0 Å². The Balaban J connectivity index is 2.01. The Hall–Kier alpha value is -1.89.